The first-order valence-corrected chi connectivity index (χ1v) is 11.3. The van der Waals surface area contributed by atoms with E-state index >= 15 is 0 Å². The van der Waals surface area contributed by atoms with Crippen LogP contribution in [0.4, 0.5) is 13.2 Å². The summed E-state index contributed by atoms with van der Waals surface area (Å²) in [6, 6.07) is 8.77. The van der Waals surface area contributed by atoms with Crippen molar-refractivity contribution in [1.82, 2.24) is 9.21 Å². The van der Waals surface area contributed by atoms with Crippen molar-refractivity contribution in [2.24, 2.45) is 0 Å². The van der Waals surface area contributed by atoms with Crippen LogP contribution in [-0.2, 0) is 29.2 Å². The van der Waals surface area contributed by atoms with Crippen LogP contribution in [0.15, 0.2) is 41.3 Å². The minimum atomic E-state index is -4.81. The van der Waals surface area contributed by atoms with E-state index in [1.165, 1.54) is 0 Å². The van der Waals surface area contributed by atoms with Gasteiger partial charge in [0.1, 0.15) is 5.75 Å². The average molecular weight is 461 g/mol. The first-order valence-electron chi connectivity index (χ1n) is 9.48. The molecule has 2 aliphatic heterocycles. The van der Waals surface area contributed by atoms with E-state index < -0.39 is 26.7 Å². The number of benzene rings is 2. The third-order valence-corrected chi connectivity index (χ3v) is 7.55. The third-order valence-electron chi connectivity index (χ3n) is 5.36. The minimum absolute atomic E-state index is 0.121. The molecule has 2 heterocycles. The molecule has 0 radical (unpaired) electrons. The molecule has 0 atom stereocenters. The molecule has 2 aromatic carbocycles. The number of fused-ring (bicyclic) bond motifs is 1. The Balaban J connectivity index is 1.46. The molecule has 0 unspecified atom stereocenters. The highest BCUT2D eigenvalue weighted by Gasteiger charge is 2.40. The van der Waals surface area contributed by atoms with Gasteiger partial charge in [-0.25, -0.2) is 8.42 Å². The van der Waals surface area contributed by atoms with Gasteiger partial charge in [-0.05, 0) is 35.4 Å². The average Bonchev–Trinajstić information content (AvgIpc) is 3.15. The van der Waals surface area contributed by atoms with Crippen LogP contribution in [0.3, 0.4) is 0 Å². The fourth-order valence-corrected chi connectivity index (χ4v) is 5.60. The predicted molar refractivity (Wildman–Crippen MR) is 106 cm³/mol. The zero-order valence-corrected chi connectivity index (χ0v) is 17.5. The number of piperazine rings is 1. The van der Waals surface area contributed by atoms with Crippen LogP contribution in [0.25, 0.3) is 0 Å². The zero-order valence-electron chi connectivity index (χ0n) is 16.0. The Bertz CT molecular complexity index is 1050. The summed E-state index contributed by atoms with van der Waals surface area (Å²) in [5.41, 5.74) is 1.03. The quantitative estimate of drug-likeness (QED) is 0.696. The largest absolute Gasteiger partial charge is 0.493 e. The van der Waals surface area contributed by atoms with E-state index in [2.05, 4.69) is 11.0 Å². The second-order valence-electron chi connectivity index (χ2n) is 7.36. The fourth-order valence-electron chi connectivity index (χ4n) is 3.81. The molecule has 5 nitrogen and oxygen atoms in total. The zero-order chi connectivity index (χ0) is 21.5. The van der Waals surface area contributed by atoms with Crippen molar-refractivity contribution in [2.75, 3.05) is 32.8 Å². The molecule has 1 fully saturated rings. The first kappa shape index (κ1) is 21.4. The van der Waals surface area contributed by atoms with E-state index in [4.69, 9.17) is 16.3 Å². The predicted octanol–water partition coefficient (Wildman–Crippen LogP) is 3.80. The Morgan fingerprint density at radius 3 is 2.47 bits per heavy atom. The number of halogens is 4. The molecule has 0 saturated carbocycles. The van der Waals surface area contributed by atoms with Gasteiger partial charge in [0.05, 0.1) is 17.1 Å². The van der Waals surface area contributed by atoms with Crippen molar-refractivity contribution < 1.29 is 26.3 Å². The molecule has 0 spiro atoms. The maximum Gasteiger partial charge on any atom is 0.417 e. The van der Waals surface area contributed by atoms with Gasteiger partial charge >= 0.3 is 6.18 Å². The number of hydrogen-bond donors (Lipinski definition) is 0. The highest BCUT2D eigenvalue weighted by Crippen LogP contribution is 2.37. The summed E-state index contributed by atoms with van der Waals surface area (Å²) in [6.45, 7) is 2.44. The highest BCUT2D eigenvalue weighted by atomic mass is 35.5. The van der Waals surface area contributed by atoms with E-state index in [0.717, 1.165) is 39.7 Å². The van der Waals surface area contributed by atoms with E-state index in [0.29, 0.717) is 32.3 Å². The van der Waals surface area contributed by atoms with E-state index in [-0.39, 0.29) is 18.1 Å². The smallest absolute Gasteiger partial charge is 0.417 e. The van der Waals surface area contributed by atoms with Gasteiger partial charge in [0.25, 0.3) is 0 Å². The third kappa shape index (κ3) is 4.30. The minimum Gasteiger partial charge on any atom is -0.493 e. The van der Waals surface area contributed by atoms with Crippen LogP contribution in [-0.4, -0.2) is 50.4 Å². The van der Waals surface area contributed by atoms with E-state index in [1.54, 1.807) is 0 Å². The molecular weight excluding hydrogens is 441 g/mol. The molecule has 0 N–H and O–H groups in total. The van der Waals surface area contributed by atoms with Gasteiger partial charge in [0.2, 0.25) is 10.0 Å². The van der Waals surface area contributed by atoms with Crippen LogP contribution in [0.2, 0.25) is 5.02 Å². The summed E-state index contributed by atoms with van der Waals surface area (Å²) in [4.78, 5) is 1.34. The fraction of sp³-hybridized carbons (Fsp3) is 0.400. The van der Waals surface area contributed by atoms with Crippen LogP contribution in [0.5, 0.6) is 5.75 Å². The maximum atomic E-state index is 13.4. The molecule has 2 aromatic rings. The van der Waals surface area contributed by atoms with Crippen molar-refractivity contribution in [2.45, 2.75) is 24.0 Å². The highest BCUT2D eigenvalue weighted by molar-refractivity contribution is 7.89. The lowest BCUT2D eigenvalue weighted by Crippen LogP contribution is -2.48. The van der Waals surface area contributed by atoms with Gasteiger partial charge in [0, 0.05) is 44.2 Å². The summed E-state index contributed by atoms with van der Waals surface area (Å²) < 4.78 is 72.5. The Morgan fingerprint density at radius 2 is 1.77 bits per heavy atom. The molecule has 2 aliphatic rings. The molecule has 30 heavy (non-hydrogen) atoms. The van der Waals surface area contributed by atoms with Crippen LogP contribution >= 0.6 is 11.6 Å². The maximum absolute atomic E-state index is 13.4. The molecule has 10 heteroatoms. The standard InChI is InChI=1S/C20H20ClF3N2O3S/c21-16-2-4-19(17(12-16)20(22,23)24)30(27,28)26-8-6-25(7-9-26)13-14-1-3-18-15(11-14)5-10-29-18/h1-4,11-12H,5-10,13H2. The number of sulfonamides is 1. The second-order valence-corrected chi connectivity index (χ2v) is 9.70. The van der Waals surface area contributed by atoms with Crippen molar-refractivity contribution in [3.8, 4) is 5.75 Å². The molecule has 0 amide bonds. The molecule has 0 aliphatic carbocycles. The molecule has 0 aromatic heterocycles. The normalized spacial score (nSPS) is 18.3. The SMILES string of the molecule is O=S(=O)(c1ccc(Cl)cc1C(F)(F)F)N1CCN(Cc2ccc3c(c2)CCO3)CC1. The Hall–Kier alpha value is -1.81. The lowest BCUT2D eigenvalue weighted by Gasteiger charge is -2.34. The summed E-state index contributed by atoms with van der Waals surface area (Å²) in [5, 5.41) is -0.161. The molecule has 162 valence electrons. The van der Waals surface area contributed by atoms with Gasteiger partial charge in [-0.15, -0.1) is 0 Å². The number of ether oxygens (including phenoxy) is 1. The molecular formula is C20H20ClF3N2O3S. The number of rotatable bonds is 4. The van der Waals surface area contributed by atoms with Crippen molar-refractivity contribution in [1.29, 1.82) is 0 Å². The van der Waals surface area contributed by atoms with Gasteiger partial charge in [-0.3, -0.25) is 4.90 Å². The summed E-state index contributed by atoms with van der Waals surface area (Å²) in [7, 11) is -4.29. The summed E-state index contributed by atoms with van der Waals surface area (Å²) >= 11 is 5.67. The van der Waals surface area contributed by atoms with E-state index in [9.17, 15) is 21.6 Å². The van der Waals surface area contributed by atoms with Crippen molar-refractivity contribution >= 4 is 21.6 Å². The number of hydrogen-bond acceptors (Lipinski definition) is 4. The van der Waals surface area contributed by atoms with Gasteiger partial charge < -0.3 is 4.74 Å². The Labute approximate surface area is 178 Å². The Morgan fingerprint density at radius 1 is 1.03 bits per heavy atom. The topological polar surface area (TPSA) is 49.9 Å². The van der Waals surface area contributed by atoms with E-state index in [1.807, 2.05) is 12.1 Å². The van der Waals surface area contributed by atoms with Gasteiger partial charge in [-0.1, -0.05) is 23.7 Å². The van der Waals surface area contributed by atoms with Crippen molar-refractivity contribution in [3.63, 3.8) is 0 Å². The monoisotopic (exact) mass is 460 g/mol. The van der Waals surface area contributed by atoms with Crippen LogP contribution < -0.4 is 4.74 Å². The van der Waals surface area contributed by atoms with Crippen molar-refractivity contribution in [3.05, 3.63) is 58.1 Å². The lowest BCUT2D eigenvalue weighted by molar-refractivity contribution is -0.139. The second kappa shape index (κ2) is 8.03. The molecule has 0 bridgehead atoms. The number of alkyl halides is 3. The van der Waals surface area contributed by atoms with Gasteiger partial charge in [0.15, 0.2) is 0 Å². The van der Waals surface area contributed by atoms with Crippen LogP contribution in [0.1, 0.15) is 16.7 Å². The summed E-state index contributed by atoms with van der Waals surface area (Å²) in [6.07, 6.45) is -3.94. The van der Waals surface area contributed by atoms with Gasteiger partial charge in [-0.2, -0.15) is 17.5 Å². The lowest BCUT2D eigenvalue weighted by atomic mass is 10.1. The molecule has 1 saturated heterocycles. The summed E-state index contributed by atoms with van der Waals surface area (Å²) in [5.74, 6) is 0.901. The Kier molecular flexibility index (Phi) is 5.73. The first-order chi connectivity index (χ1) is 14.1. The number of nitrogens with zero attached hydrogens (tertiary/aromatic N) is 2. The molecule has 4 rings (SSSR count). The van der Waals surface area contributed by atoms with Crippen LogP contribution in [0, 0.1) is 0 Å².